The quantitative estimate of drug-likeness (QED) is 0.623. The maximum Gasteiger partial charge on any atom is 0.257 e. The smallest absolute Gasteiger partial charge is 0.257 e. The van der Waals surface area contributed by atoms with Gasteiger partial charge in [0.25, 0.3) is 5.91 Å². The molecule has 0 saturated heterocycles. The first-order valence-corrected chi connectivity index (χ1v) is 9.29. The van der Waals surface area contributed by atoms with Crippen molar-refractivity contribution in [2.45, 2.75) is 44.8 Å². The second-order valence-electron chi connectivity index (χ2n) is 6.92. The van der Waals surface area contributed by atoms with E-state index in [0.717, 1.165) is 11.4 Å². The number of carbonyl (C=O) groups excluding carboxylic acids is 2. The highest BCUT2D eigenvalue weighted by atomic mass is 32.2. The van der Waals surface area contributed by atoms with Crippen LogP contribution in [0.2, 0.25) is 0 Å². The number of benzene rings is 1. The molecule has 1 N–H and O–H groups in total. The van der Waals surface area contributed by atoms with Crippen molar-refractivity contribution in [3.63, 3.8) is 0 Å². The fraction of sp³-hybridized carbons (Fsp3) is 0.368. The lowest BCUT2D eigenvalue weighted by molar-refractivity contribution is -0.117. The molecule has 1 heterocycles. The second kappa shape index (κ2) is 8.31. The van der Waals surface area contributed by atoms with Gasteiger partial charge in [-0.05, 0) is 30.0 Å². The predicted molar refractivity (Wildman–Crippen MR) is 103 cm³/mol. The van der Waals surface area contributed by atoms with Crippen LogP contribution in [0.4, 0.5) is 0 Å². The van der Waals surface area contributed by atoms with Gasteiger partial charge < -0.3 is 4.57 Å². The number of hydrogen-bond acceptors (Lipinski definition) is 5. The SMILES string of the molecule is C=CCn1c(C)nnc1SCC(=O)NC(=O)c1ccc(C(C)(C)C)cc1. The molecule has 26 heavy (non-hydrogen) atoms. The Morgan fingerprint density at radius 1 is 1.23 bits per heavy atom. The number of hydrogen-bond donors (Lipinski definition) is 1. The normalized spacial score (nSPS) is 11.2. The molecule has 2 aromatic rings. The van der Waals surface area contributed by atoms with E-state index in [1.165, 1.54) is 11.8 Å². The third-order valence-electron chi connectivity index (χ3n) is 3.81. The summed E-state index contributed by atoms with van der Waals surface area (Å²) < 4.78 is 1.86. The van der Waals surface area contributed by atoms with Crippen LogP contribution in [0.3, 0.4) is 0 Å². The van der Waals surface area contributed by atoms with E-state index in [1.54, 1.807) is 18.2 Å². The van der Waals surface area contributed by atoms with Gasteiger partial charge in [0.15, 0.2) is 5.16 Å². The van der Waals surface area contributed by atoms with Gasteiger partial charge in [-0.15, -0.1) is 16.8 Å². The van der Waals surface area contributed by atoms with Crippen molar-refractivity contribution in [2.75, 3.05) is 5.75 Å². The molecule has 0 spiro atoms. The number of nitrogens with zero attached hydrogens (tertiary/aromatic N) is 3. The maximum absolute atomic E-state index is 12.2. The molecule has 6 nitrogen and oxygen atoms in total. The molecule has 0 atom stereocenters. The van der Waals surface area contributed by atoms with Crippen molar-refractivity contribution < 1.29 is 9.59 Å². The van der Waals surface area contributed by atoms with Gasteiger partial charge in [0.1, 0.15) is 5.82 Å². The van der Waals surface area contributed by atoms with E-state index in [-0.39, 0.29) is 17.1 Å². The summed E-state index contributed by atoms with van der Waals surface area (Å²) in [5.74, 6) is 0.0643. The Morgan fingerprint density at radius 2 is 1.88 bits per heavy atom. The number of nitrogens with one attached hydrogen (secondary N) is 1. The number of imide groups is 1. The van der Waals surface area contributed by atoms with Crippen LogP contribution in [-0.4, -0.2) is 32.3 Å². The molecule has 0 fully saturated rings. The van der Waals surface area contributed by atoms with Crippen LogP contribution in [0.25, 0.3) is 0 Å². The average Bonchev–Trinajstić information content (AvgIpc) is 2.93. The van der Waals surface area contributed by atoms with E-state index in [4.69, 9.17) is 0 Å². The summed E-state index contributed by atoms with van der Waals surface area (Å²) in [6.07, 6.45) is 1.74. The van der Waals surface area contributed by atoms with Crippen molar-refractivity contribution in [3.8, 4) is 0 Å². The van der Waals surface area contributed by atoms with E-state index in [2.05, 4.69) is 42.9 Å². The van der Waals surface area contributed by atoms with Gasteiger partial charge in [-0.25, -0.2) is 0 Å². The van der Waals surface area contributed by atoms with Gasteiger partial charge in [0.05, 0.1) is 5.75 Å². The molecular formula is C19H24N4O2S. The van der Waals surface area contributed by atoms with Crippen molar-refractivity contribution in [1.29, 1.82) is 0 Å². The summed E-state index contributed by atoms with van der Waals surface area (Å²) in [7, 11) is 0. The standard InChI is InChI=1S/C19H24N4O2S/c1-6-11-23-13(2)21-22-18(23)26-12-16(24)20-17(25)14-7-9-15(10-8-14)19(3,4)5/h6-10H,1,11-12H2,2-5H3,(H,20,24,25). The van der Waals surface area contributed by atoms with Crippen LogP contribution in [-0.2, 0) is 16.8 Å². The van der Waals surface area contributed by atoms with Crippen molar-refractivity contribution >= 4 is 23.6 Å². The lowest BCUT2D eigenvalue weighted by atomic mass is 9.87. The Bertz CT molecular complexity index is 804. The number of aromatic nitrogens is 3. The predicted octanol–water partition coefficient (Wildman–Crippen LogP) is 3.12. The molecule has 0 saturated carbocycles. The number of rotatable bonds is 6. The molecule has 0 aliphatic heterocycles. The van der Waals surface area contributed by atoms with Crippen molar-refractivity contribution in [2.24, 2.45) is 0 Å². The summed E-state index contributed by atoms with van der Waals surface area (Å²) in [4.78, 5) is 24.3. The molecule has 7 heteroatoms. The number of aryl methyl sites for hydroxylation is 1. The molecule has 0 aliphatic rings. The van der Waals surface area contributed by atoms with Gasteiger partial charge >= 0.3 is 0 Å². The zero-order valence-corrected chi connectivity index (χ0v) is 16.4. The minimum Gasteiger partial charge on any atom is -0.302 e. The number of carbonyl (C=O) groups is 2. The van der Waals surface area contributed by atoms with Crippen LogP contribution in [0.5, 0.6) is 0 Å². The van der Waals surface area contributed by atoms with Gasteiger partial charge in [-0.3, -0.25) is 14.9 Å². The van der Waals surface area contributed by atoms with Crippen LogP contribution >= 0.6 is 11.8 Å². The highest BCUT2D eigenvalue weighted by Crippen LogP contribution is 2.22. The number of thioether (sulfide) groups is 1. The lowest BCUT2D eigenvalue weighted by Gasteiger charge is -2.18. The maximum atomic E-state index is 12.2. The van der Waals surface area contributed by atoms with Gasteiger partial charge in [-0.2, -0.15) is 0 Å². The topological polar surface area (TPSA) is 76.9 Å². The Balaban J connectivity index is 1.93. The molecular weight excluding hydrogens is 348 g/mol. The molecule has 1 aromatic carbocycles. The largest absolute Gasteiger partial charge is 0.302 e. The van der Waals surface area contributed by atoms with Crippen LogP contribution in [0, 0.1) is 6.92 Å². The molecule has 1 aromatic heterocycles. The zero-order valence-electron chi connectivity index (χ0n) is 15.6. The molecule has 2 amide bonds. The minimum absolute atomic E-state index is 0.0149. The monoisotopic (exact) mass is 372 g/mol. The van der Waals surface area contributed by atoms with Crippen LogP contribution in [0.15, 0.2) is 42.1 Å². The summed E-state index contributed by atoms with van der Waals surface area (Å²) in [5.41, 5.74) is 1.61. The summed E-state index contributed by atoms with van der Waals surface area (Å²) in [5, 5.41) is 11.1. The fourth-order valence-corrected chi connectivity index (χ4v) is 3.09. The summed E-state index contributed by atoms with van der Waals surface area (Å²) in [6.45, 7) is 12.4. The van der Waals surface area contributed by atoms with E-state index in [9.17, 15) is 9.59 Å². The average molecular weight is 372 g/mol. The molecule has 0 bridgehead atoms. The lowest BCUT2D eigenvalue weighted by Crippen LogP contribution is -2.32. The van der Waals surface area contributed by atoms with E-state index >= 15 is 0 Å². The van der Waals surface area contributed by atoms with Gasteiger partial charge in [-0.1, -0.05) is 50.7 Å². The number of allylic oxidation sites excluding steroid dienone is 1. The van der Waals surface area contributed by atoms with E-state index < -0.39 is 5.91 Å². The Labute approximate surface area is 158 Å². The molecule has 0 unspecified atom stereocenters. The zero-order chi connectivity index (χ0) is 19.3. The second-order valence-corrected chi connectivity index (χ2v) is 7.86. The summed E-state index contributed by atoms with van der Waals surface area (Å²) in [6, 6.07) is 7.30. The van der Waals surface area contributed by atoms with Crippen molar-refractivity contribution in [1.82, 2.24) is 20.1 Å². The van der Waals surface area contributed by atoms with E-state index in [1.807, 2.05) is 23.6 Å². The third-order valence-corrected chi connectivity index (χ3v) is 4.78. The van der Waals surface area contributed by atoms with Gasteiger partial charge in [0, 0.05) is 12.1 Å². The Hall–Kier alpha value is -2.41. The van der Waals surface area contributed by atoms with Gasteiger partial charge in [0.2, 0.25) is 5.91 Å². The first-order valence-electron chi connectivity index (χ1n) is 8.30. The van der Waals surface area contributed by atoms with Crippen LogP contribution < -0.4 is 5.32 Å². The highest BCUT2D eigenvalue weighted by molar-refractivity contribution is 7.99. The Morgan fingerprint density at radius 3 is 2.46 bits per heavy atom. The number of amides is 2. The van der Waals surface area contributed by atoms with E-state index in [0.29, 0.717) is 17.3 Å². The molecule has 0 aliphatic carbocycles. The first-order chi connectivity index (χ1) is 12.2. The fourth-order valence-electron chi connectivity index (χ4n) is 2.29. The Kier molecular flexibility index (Phi) is 6.37. The molecule has 2 rings (SSSR count). The van der Waals surface area contributed by atoms with Crippen molar-refractivity contribution in [3.05, 3.63) is 53.9 Å². The highest BCUT2D eigenvalue weighted by Gasteiger charge is 2.16. The molecule has 0 radical (unpaired) electrons. The third kappa shape index (κ3) is 5.05. The first kappa shape index (κ1) is 19.9. The van der Waals surface area contributed by atoms with Crippen LogP contribution in [0.1, 0.15) is 42.5 Å². The minimum atomic E-state index is -0.403. The molecule has 138 valence electrons. The summed E-state index contributed by atoms with van der Waals surface area (Å²) >= 11 is 1.24.